The number of nitrogens with one attached hydrogen (secondary N) is 1. The van der Waals surface area contributed by atoms with Crippen LogP contribution in [0.2, 0.25) is 0 Å². The molecule has 1 unspecified atom stereocenters. The molecule has 0 aliphatic rings. The highest BCUT2D eigenvalue weighted by Gasteiger charge is 2.16. The van der Waals surface area contributed by atoms with Gasteiger partial charge in [0.25, 0.3) is 0 Å². The van der Waals surface area contributed by atoms with Crippen LogP contribution in [0.15, 0.2) is 24.4 Å². The van der Waals surface area contributed by atoms with Gasteiger partial charge in [-0.3, -0.25) is 0 Å². The van der Waals surface area contributed by atoms with Crippen LogP contribution in [0, 0.1) is 6.92 Å². The molecule has 3 N–H and O–H groups in total. The molecule has 1 aromatic carbocycles. The number of nitrogens with zero attached hydrogens (tertiary/aromatic N) is 1. The lowest BCUT2D eigenvalue weighted by Gasteiger charge is -2.16. The SMILES string of the molecule is CCOC(=O)c1cccc(NC(C)c2ncc(C)s2)c1N. The number of nitrogens with two attached hydrogens (primary N) is 1. The topological polar surface area (TPSA) is 77.2 Å². The summed E-state index contributed by atoms with van der Waals surface area (Å²) in [4.78, 5) is 17.3. The Balaban J connectivity index is 2.20. The second kappa shape index (κ2) is 6.58. The van der Waals surface area contributed by atoms with E-state index in [1.54, 1.807) is 30.4 Å². The van der Waals surface area contributed by atoms with Crippen LogP contribution in [0.1, 0.15) is 40.1 Å². The van der Waals surface area contributed by atoms with E-state index in [0.29, 0.717) is 23.5 Å². The van der Waals surface area contributed by atoms with Gasteiger partial charge in [-0.1, -0.05) is 6.07 Å². The van der Waals surface area contributed by atoms with Gasteiger partial charge in [0, 0.05) is 11.1 Å². The number of aryl methyl sites for hydroxylation is 1. The van der Waals surface area contributed by atoms with Crippen LogP contribution < -0.4 is 11.1 Å². The fraction of sp³-hybridized carbons (Fsp3) is 0.333. The van der Waals surface area contributed by atoms with Gasteiger partial charge in [-0.2, -0.15) is 0 Å². The van der Waals surface area contributed by atoms with Crippen LogP contribution in [0.4, 0.5) is 11.4 Å². The molecule has 0 bridgehead atoms. The van der Waals surface area contributed by atoms with Crippen LogP contribution in [-0.2, 0) is 4.74 Å². The molecule has 1 atom stereocenters. The molecule has 0 aliphatic heterocycles. The lowest BCUT2D eigenvalue weighted by Crippen LogP contribution is -2.12. The maximum atomic E-state index is 11.8. The lowest BCUT2D eigenvalue weighted by molar-refractivity contribution is 0.0527. The van der Waals surface area contributed by atoms with Crippen molar-refractivity contribution in [2.75, 3.05) is 17.7 Å². The third-order valence-corrected chi connectivity index (χ3v) is 4.08. The monoisotopic (exact) mass is 305 g/mol. The van der Waals surface area contributed by atoms with Crippen molar-refractivity contribution in [1.29, 1.82) is 0 Å². The number of hydrogen-bond donors (Lipinski definition) is 2. The number of nitrogen functional groups attached to an aromatic ring is 1. The number of hydrogen-bond acceptors (Lipinski definition) is 6. The maximum absolute atomic E-state index is 11.8. The molecule has 0 radical (unpaired) electrons. The molecule has 21 heavy (non-hydrogen) atoms. The lowest BCUT2D eigenvalue weighted by atomic mass is 10.1. The molecular weight excluding hydrogens is 286 g/mol. The highest BCUT2D eigenvalue weighted by atomic mass is 32.1. The fourth-order valence-corrected chi connectivity index (χ4v) is 2.72. The summed E-state index contributed by atoms with van der Waals surface area (Å²) in [6, 6.07) is 5.31. The smallest absolute Gasteiger partial charge is 0.340 e. The first-order valence-electron chi connectivity index (χ1n) is 6.77. The van der Waals surface area contributed by atoms with E-state index in [2.05, 4.69) is 10.3 Å². The zero-order chi connectivity index (χ0) is 15.4. The number of anilines is 2. The predicted octanol–water partition coefficient (Wildman–Crippen LogP) is 3.38. The van der Waals surface area contributed by atoms with E-state index < -0.39 is 5.97 Å². The average Bonchev–Trinajstić information content (AvgIpc) is 2.88. The second-order valence-corrected chi connectivity index (χ2v) is 5.93. The highest BCUT2D eigenvalue weighted by Crippen LogP contribution is 2.28. The van der Waals surface area contributed by atoms with Crippen molar-refractivity contribution in [3.8, 4) is 0 Å². The van der Waals surface area contributed by atoms with Crippen LogP contribution in [0.5, 0.6) is 0 Å². The minimum absolute atomic E-state index is 0.0171. The van der Waals surface area contributed by atoms with Crippen LogP contribution in [-0.4, -0.2) is 17.6 Å². The van der Waals surface area contributed by atoms with Crippen molar-refractivity contribution in [2.24, 2.45) is 0 Å². The Morgan fingerprint density at radius 1 is 1.52 bits per heavy atom. The van der Waals surface area contributed by atoms with E-state index >= 15 is 0 Å². The van der Waals surface area contributed by atoms with Gasteiger partial charge in [0.05, 0.1) is 29.6 Å². The van der Waals surface area contributed by atoms with Gasteiger partial charge in [-0.05, 0) is 32.9 Å². The first-order chi connectivity index (χ1) is 10.0. The summed E-state index contributed by atoms with van der Waals surface area (Å²) in [5.41, 5.74) is 7.55. The normalized spacial score (nSPS) is 12.0. The average molecular weight is 305 g/mol. The fourth-order valence-electron chi connectivity index (χ4n) is 1.95. The van der Waals surface area contributed by atoms with Crippen LogP contribution >= 0.6 is 11.3 Å². The maximum Gasteiger partial charge on any atom is 0.340 e. The number of para-hydroxylation sites is 1. The van der Waals surface area contributed by atoms with Crippen molar-refractivity contribution in [2.45, 2.75) is 26.8 Å². The number of ether oxygens (including phenoxy) is 1. The van der Waals surface area contributed by atoms with Gasteiger partial charge in [0.2, 0.25) is 0 Å². The Morgan fingerprint density at radius 3 is 2.90 bits per heavy atom. The molecule has 2 aromatic rings. The molecule has 0 spiro atoms. The largest absolute Gasteiger partial charge is 0.462 e. The first-order valence-corrected chi connectivity index (χ1v) is 7.59. The van der Waals surface area contributed by atoms with Crippen molar-refractivity contribution in [3.63, 3.8) is 0 Å². The van der Waals surface area contributed by atoms with Crippen LogP contribution in [0.3, 0.4) is 0 Å². The molecule has 5 nitrogen and oxygen atoms in total. The molecule has 1 heterocycles. The van der Waals surface area contributed by atoms with E-state index in [9.17, 15) is 4.79 Å². The van der Waals surface area contributed by atoms with E-state index in [1.807, 2.05) is 26.1 Å². The van der Waals surface area contributed by atoms with Gasteiger partial charge in [-0.25, -0.2) is 9.78 Å². The van der Waals surface area contributed by atoms with Crippen LogP contribution in [0.25, 0.3) is 0 Å². The van der Waals surface area contributed by atoms with E-state index in [4.69, 9.17) is 10.5 Å². The Bertz CT molecular complexity index is 640. The van der Waals surface area contributed by atoms with Gasteiger partial charge in [-0.15, -0.1) is 11.3 Å². The number of esters is 1. The number of aromatic nitrogens is 1. The minimum Gasteiger partial charge on any atom is -0.462 e. The summed E-state index contributed by atoms with van der Waals surface area (Å²) >= 11 is 1.63. The summed E-state index contributed by atoms with van der Waals surface area (Å²) in [7, 11) is 0. The minimum atomic E-state index is -0.406. The summed E-state index contributed by atoms with van der Waals surface area (Å²) < 4.78 is 5.00. The third kappa shape index (κ3) is 3.52. The quantitative estimate of drug-likeness (QED) is 0.654. The molecular formula is C15H19N3O2S. The van der Waals surface area contributed by atoms with Gasteiger partial charge >= 0.3 is 5.97 Å². The Kier molecular flexibility index (Phi) is 4.80. The van der Waals surface area contributed by atoms with E-state index in [0.717, 1.165) is 9.88 Å². The zero-order valence-corrected chi connectivity index (χ0v) is 13.2. The van der Waals surface area contributed by atoms with E-state index in [1.165, 1.54) is 0 Å². The molecule has 0 aliphatic carbocycles. The molecule has 0 saturated heterocycles. The number of benzene rings is 1. The van der Waals surface area contributed by atoms with Gasteiger partial charge in [0.15, 0.2) is 0 Å². The van der Waals surface area contributed by atoms with Crippen molar-refractivity contribution < 1.29 is 9.53 Å². The van der Waals surface area contributed by atoms with Gasteiger partial charge < -0.3 is 15.8 Å². The Hall–Kier alpha value is -2.08. The molecule has 112 valence electrons. The van der Waals surface area contributed by atoms with E-state index in [-0.39, 0.29) is 6.04 Å². The second-order valence-electron chi connectivity index (χ2n) is 4.66. The molecule has 1 aromatic heterocycles. The number of carbonyl (C=O) groups is 1. The number of rotatable bonds is 5. The molecule has 6 heteroatoms. The van der Waals surface area contributed by atoms with Crippen molar-refractivity contribution in [1.82, 2.24) is 4.98 Å². The Morgan fingerprint density at radius 2 is 2.29 bits per heavy atom. The summed E-state index contributed by atoms with van der Waals surface area (Å²) in [6.07, 6.45) is 1.84. The standard InChI is InChI=1S/C15H19N3O2S/c1-4-20-15(19)11-6-5-7-12(13(11)16)18-10(3)14-17-8-9(2)21-14/h5-8,10,18H,4,16H2,1-3H3. The van der Waals surface area contributed by atoms with Gasteiger partial charge in [0.1, 0.15) is 5.01 Å². The third-order valence-electron chi connectivity index (χ3n) is 2.98. The molecule has 2 rings (SSSR count). The molecule has 0 amide bonds. The zero-order valence-electron chi connectivity index (χ0n) is 12.3. The molecule has 0 fully saturated rings. The summed E-state index contributed by atoms with van der Waals surface area (Å²) in [5, 5.41) is 4.27. The molecule has 0 saturated carbocycles. The summed E-state index contributed by atoms with van der Waals surface area (Å²) in [6.45, 7) is 6.12. The first kappa shape index (κ1) is 15.3. The van der Waals surface area contributed by atoms with Crippen molar-refractivity contribution >= 4 is 28.7 Å². The predicted molar refractivity (Wildman–Crippen MR) is 85.7 cm³/mol. The van der Waals surface area contributed by atoms with Crippen molar-refractivity contribution in [3.05, 3.63) is 39.8 Å². The number of carbonyl (C=O) groups excluding carboxylic acids is 1. The Labute approximate surface area is 128 Å². The number of thiazole rings is 1. The highest BCUT2D eigenvalue weighted by molar-refractivity contribution is 7.11. The summed E-state index contributed by atoms with van der Waals surface area (Å²) in [5.74, 6) is -0.406.